The summed E-state index contributed by atoms with van der Waals surface area (Å²) < 4.78 is 8.10. The third-order valence-electron chi connectivity index (χ3n) is 5.73. The van der Waals surface area contributed by atoms with Crippen molar-refractivity contribution in [3.8, 4) is 0 Å². The number of carbonyl (C=O) groups is 1. The number of piperidine rings is 1. The summed E-state index contributed by atoms with van der Waals surface area (Å²) in [5.74, 6) is -0.184. The van der Waals surface area contributed by atoms with Crippen LogP contribution in [0.15, 0.2) is 36.5 Å². The van der Waals surface area contributed by atoms with Crippen LogP contribution in [0.2, 0.25) is 0 Å². The van der Waals surface area contributed by atoms with E-state index in [2.05, 4.69) is 43.1 Å². The van der Waals surface area contributed by atoms with Crippen molar-refractivity contribution in [3.05, 3.63) is 42.2 Å². The van der Waals surface area contributed by atoms with Gasteiger partial charge in [0.2, 0.25) is 0 Å². The van der Waals surface area contributed by atoms with Crippen LogP contribution in [0.25, 0.3) is 10.2 Å². The lowest BCUT2D eigenvalue weighted by atomic mass is 10.1. The van der Waals surface area contributed by atoms with Crippen molar-refractivity contribution in [3.63, 3.8) is 0 Å². The quantitative estimate of drug-likeness (QED) is 0.491. The first-order chi connectivity index (χ1) is 15.2. The molecule has 0 radical (unpaired) electrons. The number of hydrogen-bond donors (Lipinski definition) is 0. The smallest absolute Gasteiger partial charge is 0.287 e. The van der Waals surface area contributed by atoms with E-state index in [1.165, 1.54) is 6.42 Å². The van der Waals surface area contributed by atoms with Gasteiger partial charge < -0.3 is 14.5 Å². The Morgan fingerprint density at radius 2 is 1.87 bits per heavy atom. The Morgan fingerprint density at radius 1 is 1.06 bits per heavy atom. The van der Waals surface area contributed by atoms with Crippen molar-refractivity contribution >= 4 is 60.1 Å². The number of carbonyl (C=O) groups excluding carboxylic acids is 1. The molecule has 0 spiro atoms. The molecular formula is C22H24BrN5O2S. The van der Waals surface area contributed by atoms with Crippen molar-refractivity contribution in [1.29, 1.82) is 0 Å². The summed E-state index contributed by atoms with van der Waals surface area (Å²) in [6.45, 7) is 5.14. The van der Waals surface area contributed by atoms with Crippen molar-refractivity contribution in [2.75, 3.05) is 53.1 Å². The fourth-order valence-corrected chi connectivity index (χ4v) is 5.57. The second-order valence-electron chi connectivity index (χ2n) is 7.75. The van der Waals surface area contributed by atoms with Gasteiger partial charge in [0.1, 0.15) is 5.69 Å². The molecule has 3 aromatic rings. The van der Waals surface area contributed by atoms with Gasteiger partial charge in [-0.05, 0) is 43.5 Å². The molecule has 0 atom stereocenters. The Hall–Kier alpha value is -2.23. The predicted octanol–water partition coefficient (Wildman–Crippen LogP) is 4.47. The molecule has 2 aromatic heterocycles. The maximum absolute atomic E-state index is 13.1. The number of pyridine rings is 1. The molecule has 0 bridgehead atoms. The Balaban J connectivity index is 1.55. The first-order valence-corrected chi connectivity index (χ1v) is 12.2. The zero-order valence-corrected chi connectivity index (χ0v) is 19.6. The minimum absolute atomic E-state index is 0.184. The molecule has 0 unspecified atom stereocenters. The first kappa shape index (κ1) is 20.7. The molecular weight excluding hydrogens is 478 g/mol. The molecule has 2 saturated heterocycles. The summed E-state index contributed by atoms with van der Waals surface area (Å²) in [4.78, 5) is 26.9. The fraction of sp³-hybridized carbons (Fsp3) is 0.409. The van der Waals surface area contributed by atoms with E-state index in [9.17, 15) is 4.79 Å². The second-order valence-corrected chi connectivity index (χ2v) is 9.47. The highest BCUT2D eigenvalue weighted by molar-refractivity contribution is 9.10. The van der Waals surface area contributed by atoms with Crippen molar-refractivity contribution < 1.29 is 9.53 Å². The topological polar surface area (TPSA) is 61.8 Å². The van der Waals surface area contributed by atoms with E-state index >= 15 is 0 Å². The molecule has 2 aliphatic heterocycles. The number of thiazole rings is 1. The number of ether oxygens (including phenoxy) is 1. The zero-order valence-electron chi connectivity index (χ0n) is 17.2. The molecule has 9 heteroatoms. The van der Waals surface area contributed by atoms with E-state index in [0.29, 0.717) is 5.69 Å². The summed E-state index contributed by atoms with van der Waals surface area (Å²) in [5, 5.41) is 1.01. The first-order valence-electron chi connectivity index (χ1n) is 10.6. The molecule has 162 valence electrons. The van der Waals surface area contributed by atoms with Crippen LogP contribution >= 0.6 is 27.5 Å². The Kier molecular flexibility index (Phi) is 6.06. The summed E-state index contributed by atoms with van der Waals surface area (Å²) in [6, 6.07) is 9.59. The summed E-state index contributed by atoms with van der Waals surface area (Å²) >= 11 is 5.21. The third kappa shape index (κ3) is 4.26. The van der Waals surface area contributed by atoms with Gasteiger partial charge in [0, 0.05) is 32.4 Å². The van der Waals surface area contributed by atoms with Crippen LogP contribution in [-0.2, 0) is 4.74 Å². The van der Waals surface area contributed by atoms with E-state index in [1.54, 1.807) is 27.5 Å². The highest BCUT2D eigenvalue weighted by Crippen LogP contribution is 2.40. The fourth-order valence-electron chi connectivity index (χ4n) is 4.07. The number of fused-ring (bicyclic) bond motifs is 1. The zero-order chi connectivity index (χ0) is 21.2. The number of hydrogen-bond acceptors (Lipinski definition) is 7. The van der Waals surface area contributed by atoms with E-state index in [4.69, 9.17) is 9.72 Å². The maximum atomic E-state index is 13.1. The Bertz CT molecular complexity index is 1060. The molecule has 31 heavy (non-hydrogen) atoms. The maximum Gasteiger partial charge on any atom is 0.287 e. The summed E-state index contributed by atoms with van der Waals surface area (Å²) in [5.41, 5.74) is 3.25. The molecule has 1 amide bonds. The number of morpholine rings is 1. The van der Waals surface area contributed by atoms with Crippen molar-refractivity contribution in [1.82, 2.24) is 9.97 Å². The molecule has 7 nitrogen and oxygen atoms in total. The normalized spacial score (nSPS) is 17.2. The molecule has 2 aliphatic rings. The lowest BCUT2D eigenvalue weighted by Crippen LogP contribution is -2.36. The number of nitrogens with zero attached hydrogens (tertiary/aromatic N) is 5. The van der Waals surface area contributed by atoms with E-state index in [0.717, 1.165) is 79.0 Å². The van der Waals surface area contributed by atoms with Crippen LogP contribution in [0, 0.1) is 0 Å². The largest absolute Gasteiger partial charge is 0.378 e. The number of anilines is 3. The molecule has 0 saturated carbocycles. The molecule has 1 aromatic carbocycles. The van der Waals surface area contributed by atoms with Crippen LogP contribution in [0.4, 0.5) is 16.5 Å². The van der Waals surface area contributed by atoms with Crippen molar-refractivity contribution in [2.45, 2.75) is 19.3 Å². The van der Waals surface area contributed by atoms with Gasteiger partial charge in [-0.3, -0.25) is 9.78 Å². The molecule has 4 heterocycles. The van der Waals surface area contributed by atoms with Crippen LogP contribution in [0.3, 0.4) is 0 Å². The van der Waals surface area contributed by atoms with Crippen LogP contribution in [0.1, 0.15) is 29.8 Å². The van der Waals surface area contributed by atoms with Crippen LogP contribution < -0.4 is 13.7 Å². The average Bonchev–Trinajstić information content (AvgIpc) is 3.27. The van der Waals surface area contributed by atoms with E-state index in [-0.39, 0.29) is 5.91 Å². The lowest BCUT2D eigenvalue weighted by Gasteiger charge is -2.32. The van der Waals surface area contributed by atoms with Gasteiger partial charge in [-0.25, -0.2) is 8.91 Å². The Labute approximate surface area is 194 Å². The summed E-state index contributed by atoms with van der Waals surface area (Å²) in [6.07, 6.45) is 5.20. The minimum atomic E-state index is -0.184. The number of benzene rings is 1. The average molecular weight is 502 g/mol. The molecule has 0 aliphatic carbocycles. The highest BCUT2D eigenvalue weighted by Gasteiger charge is 2.25. The monoisotopic (exact) mass is 501 g/mol. The minimum Gasteiger partial charge on any atom is -0.378 e. The molecule has 5 rings (SSSR count). The van der Waals surface area contributed by atoms with Crippen molar-refractivity contribution in [2.24, 2.45) is 0 Å². The van der Waals surface area contributed by atoms with Gasteiger partial charge in [-0.1, -0.05) is 17.4 Å². The Morgan fingerprint density at radius 3 is 2.61 bits per heavy atom. The van der Waals surface area contributed by atoms with Crippen LogP contribution in [-0.4, -0.2) is 55.3 Å². The van der Waals surface area contributed by atoms with Gasteiger partial charge in [-0.2, -0.15) is 0 Å². The number of amides is 1. The second kappa shape index (κ2) is 9.10. The van der Waals surface area contributed by atoms with Gasteiger partial charge >= 0.3 is 0 Å². The van der Waals surface area contributed by atoms with E-state index < -0.39 is 0 Å². The summed E-state index contributed by atoms with van der Waals surface area (Å²) in [7, 11) is 0. The number of rotatable bonds is 4. The van der Waals surface area contributed by atoms with Crippen LogP contribution in [0.5, 0.6) is 0 Å². The molecule has 0 N–H and O–H groups in total. The van der Waals surface area contributed by atoms with Gasteiger partial charge in [0.05, 0.1) is 51.0 Å². The van der Waals surface area contributed by atoms with Gasteiger partial charge in [-0.15, -0.1) is 0 Å². The standard InChI is InChI=1S/C22H24BrN5O2S/c23-28(21(29)16-6-2-3-7-24-16)19-15-20-17(14-18(19)26-8-4-1-5-9-26)25-22(31-20)27-10-12-30-13-11-27/h2-3,6-7,14-15H,1,4-5,8-13H2. The highest BCUT2D eigenvalue weighted by atomic mass is 79.9. The SMILES string of the molecule is O=C(c1ccccn1)N(Br)c1cc2sc(N3CCOCC3)nc2cc1N1CCCCC1. The predicted molar refractivity (Wildman–Crippen MR) is 129 cm³/mol. The van der Waals surface area contributed by atoms with Gasteiger partial charge in [0.15, 0.2) is 5.13 Å². The molecule has 2 fully saturated rings. The lowest BCUT2D eigenvalue weighted by molar-refractivity contribution is 0.100. The van der Waals surface area contributed by atoms with E-state index in [1.807, 2.05) is 12.1 Å². The number of aromatic nitrogens is 2. The third-order valence-corrected chi connectivity index (χ3v) is 7.51. The number of halogens is 1. The van der Waals surface area contributed by atoms with Gasteiger partial charge in [0.25, 0.3) is 5.91 Å².